The van der Waals surface area contributed by atoms with Gasteiger partial charge < -0.3 is 10.4 Å². The average molecular weight is 415 g/mol. The van der Waals surface area contributed by atoms with Crippen LogP contribution in [0.5, 0.6) is 5.75 Å². The normalized spacial score (nSPS) is 12.3. The number of nitrogens with zero attached hydrogens (tertiary/aromatic N) is 3. The monoisotopic (exact) mass is 414 g/mol. The van der Waals surface area contributed by atoms with Gasteiger partial charge in [-0.15, -0.1) is 15.0 Å². The second-order valence-electron chi connectivity index (χ2n) is 9.98. The summed E-state index contributed by atoms with van der Waals surface area (Å²) in [7, 11) is 0. The lowest BCUT2D eigenvalue weighted by Gasteiger charge is -2.33. The lowest BCUT2D eigenvalue weighted by molar-refractivity contribution is 0.284. The van der Waals surface area contributed by atoms with Gasteiger partial charge in [-0.1, -0.05) is 65.0 Å². The Bertz CT molecular complexity index is 1170. The van der Waals surface area contributed by atoms with E-state index in [4.69, 9.17) is 0 Å². The summed E-state index contributed by atoms with van der Waals surface area (Å²) in [5.41, 5.74) is 4.87. The first-order valence-electron chi connectivity index (χ1n) is 10.6. The van der Waals surface area contributed by atoms with Crippen molar-refractivity contribution < 1.29 is 5.11 Å². The Balaban J connectivity index is 1.87. The van der Waals surface area contributed by atoms with Gasteiger partial charge >= 0.3 is 0 Å². The lowest BCUT2D eigenvalue weighted by Crippen LogP contribution is -2.25. The number of hydrogen-bond donors (Lipinski definition) is 2. The zero-order chi connectivity index (χ0) is 22.2. The summed E-state index contributed by atoms with van der Waals surface area (Å²) in [6, 6.07) is 21.6. The Kier molecular flexibility index (Phi) is 5.21. The Morgan fingerprint density at radius 2 is 1.42 bits per heavy atom. The molecular weight excluding hydrogens is 384 g/mol. The fourth-order valence-electron chi connectivity index (χ4n) is 4.33. The van der Waals surface area contributed by atoms with Crippen LogP contribution in [0.2, 0.25) is 0 Å². The van der Waals surface area contributed by atoms with Crippen molar-refractivity contribution in [3.05, 3.63) is 72.3 Å². The molecule has 0 fully saturated rings. The van der Waals surface area contributed by atoms with Gasteiger partial charge in [-0.05, 0) is 59.2 Å². The van der Waals surface area contributed by atoms with E-state index in [1.54, 1.807) is 0 Å². The van der Waals surface area contributed by atoms with E-state index in [9.17, 15) is 5.11 Å². The standard InChI is InChI=1S/C26H30N4O/c1-25(2,3)17-26(4,5)18-15-22(27-19-11-7-6-8-12-19)24(31)23(16-18)30-28-20-13-9-10-14-21(20)29-30/h6-16,27,31H,17H2,1-5H3. The molecule has 0 aliphatic heterocycles. The first-order chi connectivity index (χ1) is 14.6. The molecule has 0 amide bonds. The number of nitrogens with one attached hydrogen (secondary N) is 1. The highest BCUT2D eigenvalue weighted by atomic mass is 16.3. The highest BCUT2D eigenvalue weighted by Gasteiger charge is 2.29. The number of fused-ring (bicyclic) bond motifs is 1. The van der Waals surface area contributed by atoms with Crippen LogP contribution in [-0.4, -0.2) is 20.1 Å². The predicted molar refractivity (Wildman–Crippen MR) is 127 cm³/mol. The number of phenolic OH excluding ortho intramolecular Hbond substituents is 1. The van der Waals surface area contributed by atoms with Crippen molar-refractivity contribution in [1.82, 2.24) is 15.0 Å². The quantitative estimate of drug-likeness (QED) is 0.362. The van der Waals surface area contributed by atoms with Crippen molar-refractivity contribution in [2.24, 2.45) is 5.41 Å². The van der Waals surface area contributed by atoms with Crippen molar-refractivity contribution >= 4 is 22.4 Å². The molecule has 5 nitrogen and oxygen atoms in total. The van der Waals surface area contributed by atoms with Gasteiger partial charge in [0.05, 0.1) is 5.69 Å². The summed E-state index contributed by atoms with van der Waals surface area (Å²) >= 11 is 0. The van der Waals surface area contributed by atoms with Crippen LogP contribution in [-0.2, 0) is 5.41 Å². The van der Waals surface area contributed by atoms with Crippen molar-refractivity contribution in [2.45, 2.75) is 46.5 Å². The van der Waals surface area contributed by atoms with E-state index in [1.165, 1.54) is 4.80 Å². The van der Waals surface area contributed by atoms with Crippen LogP contribution in [0.4, 0.5) is 11.4 Å². The molecule has 31 heavy (non-hydrogen) atoms. The maximum absolute atomic E-state index is 11.2. The minimum Gasteiger partial charge on any atom is -0.504 e. The molecule has 4 rings (SSSR count). The second-order valence-corrected chi connectivity index (χ2v) is 9.98. The Morgan fingerprint density at radius 1 is 0.839 bits per heavy atom. The smallest absolute Gasteiger partial charge is 0.166 e. The number of aromatic nitrogens is 3. The number of aromatic hydroxyl groups is 1. The zero-order valence-electron chi connectivity index (χ0n) is 18.8. The summed E-state index contributed by atoms with van der Waals surface area (Å²) in [5, 5.41) is 23.8. The summed E-state index contributed by atoms with van der Waals surface area (Å²) in [6.07, 6.45) is 0.990. The van der Waals surface area contributed by atoms with Gasteiger partial charge in [0.15, 0.2) is 5.75 Å². The van der Waals surface area contributed by atoms with Gasteiger partial charge in [0, 0.05) is 5.69 Å². The molecule has 5 heteroatoms. The number of anilines is 2. The third kappa shape index (κ3) is 4.55. The van der Waals surface area contributed by atoms with Gasteiger partial charge in [0.25, 0.3) is 0 Å². The molecule has 4 aromatic rings. The average Bonchev–Trinajstić information content (AvgIpc) is 3.12. The first-order valence-corrected chi connectivity index (χ1v) is 10.6. The molecular formula is C26H30N4O. The molecule has 2 N–H and O–H groups in total. The minimum atomic E-state index is -0.111. The summed E-state index contributed by atoms with van der Waals surface area (Å²) in [6.45, 7) is 11.2. The van der Waals surface area contributed by atoms with Gasteiger partial charge in [0.2, 0.25) is 0 Å². The van der Waals surface area contributed by atoms with Crippen molar-refractivity contribution in [2.75, 3.05) is 5.32 Å². The van der Waals surface area contributed by atoms with Crippen LogP contribution in [0, 0.1) is 5.41 Å². The highest BCUT2D eigenvalue weighted by Crippen LogP contribution is 2.42. The van der Waals surface area contributed by atoms with E-state index in [1.807, 2.05) is 66.7 Å². The van der Waals surface area contributed by atoms with Crippen LogP contribution < -0.4 is 5.32 Å². The molecule has 0 bridgehead atoms. The van der Waals surface area contributed by atoms with Gasteiger partial charge in [-0.3, -0.25) is 0 Å². The van der Waals surface area contributed by atoms with Crippen LogP contribution in [0.1, 0.15) is 46.6 Å². The van der Waals surface area contributed by atoms with Crippen LogP contribution in [0.25, 0.3) is 16.7 Å². The molecule has 1 aromatic heterocycles. The molecule has 0 saturated heterocycles. The first kappa shape index (κ1) is 20.9. The fourth-order valence-corrected chi connectivity index (χ4v) is 4.33. The van der Waals surface area contributed by atoms with Gasteiger partial charge in [-0.2, -0.15) is 0 Å². The predicted octanol–water partition coefficient (Wildman–Crippen LogP) is 6.58. The van der Waals surface area contributed by atoms with E-state index in [0.717, 1.165) is 28.7 Å². The Labute approximate surface area is 183 Å². The summed E-state index contributed by atoms with van der Waals surface area (Å²) < 4.78 is 0. The highest BCUT2D eigenvalue weighted by molar-refractivity contribution is 5.76. The molecule has 1 heterocycles. The van der Waals surface area contributed by atoms with E-state index < -0.39 is 0 Å². The third-order valence-corrected chi connectivity index (χ3v) is 5.40. The SMILES string of the molecule is CC(C)(C)CC(C)(C)c1cc(Nc2ccccc2)c(O)c(-n2nc3ccccc3n2)c1. The van der Waals surface area contributed by atoms with E-state index in [2.05, 4.69) is 50.1 Å². The second kappa shape index (κ2) is 7.73. The number of hydrogen-bond acceptors (Lipinski definition) is 4. The topological polar surface area (TPSA) is 63.0 Å². The molecule has 3 aromatic carbocycles. The van der Waals surface area contributed by atoms with Gasteiger partial charge in [0.1, 0.15) is 16.7 Å². The largest absolute Gasteiger partial charge is 0.504 e. The lowest BCUT2D eigenvalue weighted by atomic mass is 9.72. The fraction of sp³-hybridized carbons (Fsp3) is 0.308. The summed E-state index contributed by atoms with van der Waals surface area (Å²) in [4.78, 5) is 1.53. The van der Waals surface area contributed by atoms with Crippen LogP contribution in [0.15, 0.2) is 66.7 Å². The maximum atomic E-state index is 11.2. The molecule has 0 atom stereocenters. The number of phenols is 1. The van der Waals surface area contributed by atoms with Crippen LogP contribution in [0.3, 0.4) is 0 Å². The number of benzene rings is 3. The number of rotatable bonds is 5. The van der Waals surface area contributed by atoms with Gasteiger partial charge in [-0.25, -0.2) is 0 Å². The van der Waals surface area contributed by atoms with Crippen molar-refractivity contribution in [3.63, 3.8) is 0 Å². The molecule has 160 valence electrons. The molecule has 0 unspecified atom stereocenters. The third-order valence-electron chi connectivity index (χ3n) is 5.40. The molecule has 0 spiro atoms. The maximum Gasteiger partial charge on any atom is 0.166 e. The summed E-state index contributed by atoms with van der Waals surface area (Å²) in [5.74, 6) is 0.125. The number of para-hydroxylation sites is 1. The van der Waals surface area contributed by atoms with E-state index in [-0.39, 0.29) is 16.6 Å². The van der Waals surface area contributed by atoms with Crippen molar-refractivity contribution in [3.8, 4) is 11.4 Å². The molecule has 0 radical (unpaired) electrons. The minimum absolute atomic E-state index is 0.111. The van der Waals surface area contributed by atoms with E-state index >= 15 is 0 Å². The van der Waals surface area contributed by atoms with E-state index in [0.29, 0.717) is 11.4 Å². The molecule has 0 aliphatic rings. The Hall–Kier alpha value is -3.34. The molecule has 0 aliphatic carbocycles. The zero-order valence-corrected chi connectivity index (χ0v) is 18.8. The van der Waals surface area contributed by atoms with Crippen molar-refractivity contribution in [1.29, 1.82) is 0 Å². The van der Waals surface area contributed by atoms with Crippen LogP contribution >= 0.6 is 0 Å². The Morgan fingerprint density at radius 3 is 2.00 bits per heavy atom. The molecule has 0 saturated carbocycles.